The molecule has 2 nitrogen and oxygen atoms in total. The summed E-state index contributed by atoms with van der Waals surface area (Å²) < 4.78 is 0. The quantitative estimate of drug-likeness (QED) is 0.684. The van der Waals surface area contributed by atoms with Crippen LogP contribution in [0.1, 0.15) is 41.0 Å². The zero-order chi connectivity index (χ0) is 11.5. The smallest absolute Gasteiger partial charge is 0.225 e. The molecule has 0 rings (SSSR count). The second-order valence-corrected chi connectivity index (χ2v) is 5.76. The van der Waals surface area contributed by atoms with Gasteiger partial charge in [-0.3, -0.25) is 4.79 Å². The van der Waals surface area contributed by atoms with Gasteiger partial charge in [0, 0.05) is 20.0 Å². The van der Waals surface area contributed by atoms with E-state index >= 15 is 0 Å². The van der Waals surface area contributed by atoms with Crippen molar-refractivity contribution in [3.05, 3.63) is 0 Å². The summed E-state index contributed by atoms with van der Waals surface area (Å²) in [4.78, 5) is 13.4. The van der Waals surface area contributed by atoms with Crippen molar-refractivity contribution in [2.24, 2.45) is 17.3 Å². The van der Waals surface area contributed by atoms with Crippen molar-refractivity contribution in [3.63, 3.8) is 0 Å². The maximum absolute atomic E-state index is 11.7. The number of rotatable bonds is 3. The van der Waals surface area contributed by atoms with Crippen LogP contribution in [0.5, 0.6) is 0 Å². The lowest BCUT2D eigenvalue weighted by Gasteiger charge is -2.28. The van der Waals surface area contributed by atoms with Gasteiger partial charge in [-0.1, -0.05) is 34.6 Å². The number of amides is 1. The zero-order valence-electron chi connectivity index (χ0n) is 10.7. The summed E-state index contributed by atoms with van der Waals surface area (Å²) >= 11 is 0. The SMILES string of the molecule is CC(CC(C)(C)C)C(C)C(=O)N(C)C. The second-order valence-electron chi connectivity index (χ2n) is 5.76. The molecule has 0 aromatic heterocycles. The van der Waals surface area contributed by atoms with Crippen molar-refractivity contribution in [2.75, 3.05) is 14.1 Å². The number of nitrogens with zero attached hydrogens (tertiary/aromatic N) is 1. The van der Waals surface area contributed by atoms with Crippen LogP contribution >= 0.6 is 0 Å². The topological polar surface area (TPSA) is 20.3 Å². The van der Waals surface area contributed by atoms with E-state index in [9.17, 15) is 4.79 Å². The highest BCUT2D eigenvalue weighted by Gasteiger charge is 2.25. The molecule has 0 N–H and O–H groups in total. The number of carbonyl (C=O) groups is 1. The van der Waals surface area contributed by atoms with Gasteiger partial charge in [-0.15, -0.1) is 0 Å². The third kappa shape index (κ3) is 4.64. The molecule has 0 heterocycles. The lowest BCUT2D eigenvalue weighted by molar-refractivity contribution is -0.134. The van der Waals surface area contributed by atoms with Gasteiger partial charge in [0.25, 0.3) is 0 Å². The van der Waals surface area contributed by atoms with E-state index in [1.807, 2.05) is 21.0 Å². The van der Waals surface area contributed by atoms with E-state index < -0.39 is 0 Å². The van der Waals surface area contributed by atoms with Crippen LogP contribution in [0.15, 0.2) is 0 Å². The Bertz CT molecular complexity index is 191. The molecule has 0 aliphatic carbocycles. The molecule has 0 saturated heterocycles. The van der Waals surface area contributed by atoms with E-state index in [4.69, 9.17) is 0 Å². The minimum absolute atomic E-state index is 0.129. The number of hydrogen-bond acceptors (Lipinski definition) is 1. The minimum atomic E-state index is 0.129. The fourth-order valence-electron chi connectivity index (χ4n) is 1.79. The van der Waals surface area contributed by atoms with Gasteiger partial charge in [0.15, 0.2) is 0 Å². The lowest BCUT2D eigenvalue weighted by atomic mass is 9.80. The van der Waals surface area contributed by atoms with Crippen LogP contribution < -0.4 is 0 Å². The predicted molar refractivity (Wildman–Crippen MR) is 61.1 cm³/mol. The van der Waals surface area contributed by atoms with Crippen molar-refractivity contribution < 1.29 is 4.79 Å². The first-order chi connectivity index (χ1) is 6.15. The summed E-state index contributed by atoms with van der Waals surface area (Å²) in [5, 5.41) is 0. The molecule has 0 aromatic rings. The Morgan fingerprint density at radius 3 is 1.93 bits per heavy atom. The largest absolute Gasteiger partial charge is 0.349 e. The highest BCUT2D eigenvalue weighted by atomic mass is 16.2. The van der Waals surface area contributed by atoms with E-state index in [-0.39, 0.29) is 11.8 Å². The van der Waals surface area contributed by atoms with Crippen LogP contribution in [-0.4, -0.2) is 24.9 Å². The van der Waals surface area contributed by atoms with E-state index in [1.54, 1.807) is 4.90 Å². The van der Waals surface area contributed by atoms with Crippen molar-refractivity contribution in [1.29, 1.82) is 0 Å². The van der Waals surface area contributed by atoms with Gasteiger partial charge >= 0.3 is 0 Å². The monoisotopic (exact) mass is 199 g/mol. The van der Waals surface area contributed by atoms with Gasteiger partial charge in [-0.05, 0) is 17.8 Å². The third-order valence-corrected chi connectivity index (χ3v) is 2.62. The van der Waals surface area contributed by atoms with E-state index in [0.29, 0.717) is 11.3 Å². The van der Waals surface area contributed by atoms with Crippen molar-refractivity contribution in [3.8, 4) is 0 Å². The minimum Gasteiger partial charge on any atom is -0.349 e. The number of carbonyl (C=O) groups excluding carboxylic acids is 1. The molecule has 0 fully saturated rings. The maximum atomic E-state index is 11.7. The fraction of sp³-hybridized carbons (Fsp3) is 0.917. The fourth-order valence-corrected chi connectivity index (χ4v) is 1.79. The van der Waals surface area contributed by atoms with Crippen molar-refractivity contribution in [1.82, 2.24) is 4.90 Å². The Morgan fingerprint density at radius 2 is 1.64 bits per heavy atom. The van der Waals surface area contributed by atoms with E-state index in [0.717, 1.165) is 6.42 Å². The Hall–Kier alpha value is -0.530. The standard InChI is InChI=1S/C12H25NO/c1-9(8-12(3,4)5)10(2)11(14)13(6)7/h9-10H,8H2,1-7H3. The molecule has 2 unspecified atom stereocenters. The van der Waals surface area contributed by atoms with Gasteiger partial charge in [-0.2, -0.15) is 0 Å². The molecule has 0 spiro atoms. The molecule has 84 valence electrons. The molecule has 0 aliphatic rings. The Morgan fingerprint density at radius 1 is 1.21 bits per heavy atom. The lowest BCUT2D eigenvalue weighted by Crippen LogP contribution is -2.32. The molecule has 14 heavy (non-hydrogen) atoms. The van der Waals surface area contributed by atoms with Gasteiger partial charge < -0.3 is 4.90 Å². The van der Waals surface area contributed by atoms with Crippen LogP contribution in [-0.2, 0) is 4.79 Å². The Balaban J connectivity index is 4.26. The molecule has 0 aliphatic heterocycles. The highest BCUT2D eigenvalue weighted by molar-refractivity contribution is 5.78. The second kappa shape index (κ2) is 4.81. The normalized spacial score (nSPS) is 16.2. The summed E-state index contributed by atoms with van der Waals surface area (Å²) in [6.45, 7) is 10.8. The molecular weight excluding hydrogens is 174 g/mol. The van der Waals surface area contributed by atoms with Gasteiger partial charge in [0.2, 0.25) is 5.91 Å². The summed E-state index contributed by atoms with van der Waals surface area (Å²) in [7, 11) is 3.64. The molecule has 1 amide bonds. The van der Waals surface area contributed by atoms with Crippen molar-refractivity contribution >= 4 is 5.91 Å². The predicted octanol–water partition coefficient (Wildman–Crippen LogP) is 2.78. The molecular formula is C12H25NO. The number of hydrogen-bond donors (Lipinski definition) is 0. The Kier molecular flexibility index (Phi) is 4.63. The van der Waals surface area contributed by atoms with Crippen LogP contribution in [0.3, 0.4) is 0 Å². The van der Waals surface area contributed by atoms with E-state index in [2.05, 4.69) is 27.7 Å². The summed E-state index contributed by atoms with van der Waals surface area (Å²) in [5.74, 6) is 0.816. The molecule has 2 atom stereocenters. The maximum Gasteiger partial charge on any atom is 0.225 e. The molecule has 0 aromatic carbocycles. The first kappa shape index (κ1) is 13.5. The molecule has 0 bridgehead atoms. The third-order valence-electron chi connectivity index (χ3n) is 2.62. The van der Waals surface area contributed by atoms with E-state index in [1.165, 1.54) is 0 Å². The first-order valence-corrected chi connectivity index (χ1v) is 5.36. The molecule has 0 saturated carbocycles. The van der Waals surface area contributed by atoms with Crippen LogP contribution in [0.4, 0.5) is 0 Å². The zero-order valence-corrected chi connectivity index (χ0v) is 10.7. The van der Waals surface area contributed by atoms with Crippen molar-refractivity contribution in [2.45, 2.75) is 41.0 Å². The molecule has 2 heteroatoms. The molecule has 0 radical (unpaired) electrons. The average Bonchev–Trinajstić information content (AvgIpc) is 1.98. The van der Waals surface area contributed by atoms with Gasteiger partial charge in [0.05, 0.1) is 0 Å². The van der Waals surface area contributed by atoms with Gasteiger partial charge in [-0.25, -0.2) is 0 Å². The summed E-state index contributed by atoms with van der Waals surface area (Å²) in [5.41, 5.74) is 0.306. The summed E-state index contributed by atoms with van der Waals surface area (Å²) in [6, 6.07) is 0. The van der Waals surface area contributed by atoms with Crippen LogP contribution in [0.25, 0.3) is 0 Å². The Labute approximate surface area is 88.7 Å². The van der Waals surface area contributed by atoms with Crippen LogP contribution in [0.2, 0.25) is 0 Å². The van der Waals surface area contributed by atoms with Gasteiger partial charge in [0.1, 0.15) is 0 Å². The summed E-state index contributed by atoms with van der Waals surface area (Å²) in [6.07, 6.45) is 1.09. The first-order valence-electron chi connectivity index (χ1n) is 5.36. The highest BCUT2D eigenvalue weighted by Crippen LogP contribution is 2.29. The average molecular weight is 199 g/mol. The van der Waals surface area contributed by atoms with Crippen LogP contribution in [0, 0.1) is 17.3 Å².